The summed E-state index contributed by atoms with van der Waals surface area (Å²) in [6.45, 7) is 3.10. The molecule has 3 rings (SSSR count). The largest absolute Gasteiger partial charge is 0.310 e. The Morgan fingerprint density at radius 3 is 2.81 bits per heavy atom. The van der Waals surface area contributed by atoms with Gasteiger partial charge in [0.1, 0.15) is 0 Å². The van der Waals surface area contributed by atoms with Gasteiger partial charge in [-0.2, -0.15) is 5.10 Å². The molecule has 1 fully saturated rings. The minimum Gasteiger partial charge on any atom is -0.310 e. The average molecular weight is 348 g/mol. The Morgan fingerprint density at radius 2 is 2.10 bits per heavy atom. The molecule has 1 aromatic heterocycles. The number of nitrogens with one attached hydrogen (secondary N) is 1. The zero-order chi connectivity index (χ0) is 14.8. The summed E-state index contributed by atoms with van der Waals surface area (Å²) in [4.78, 5) is 0. The zero-order valence-electron chi connectivity index (χ0n) is 12.6. The SMILES string of the molecule is CCc1nn(C)cc1CNC1CC(c2ccccc2Br)C1. The number of aryl methyl sites for hydroxylation is 2. The summed E-state index contributed by atoms with van der Waals surface area (Å²) in [6.07, 6.45) is 5.59. The maximum absolute atomic E-state index is 4.50. The maximum atomic E-state index is 4.50. The summed E-state index contributed by atoms with van der Waals surface area (Å²) < 4.78 is 3.16. The molecule has 0 spiro atoms. The summed E-state index contributed by atoms with van der Waals surface area (Å²) in [7, 11) is 2.00. The quantitative estimate of drug-likeness (QED) is 0.891. The molecular formula is C17H22BrN3. The summed E-state index contributed by atoms with van der Waals surface area (Å²) >= 11 is 3.66. The molecule has 112 valence electrons. The number of rotatable bonds is 5. The van der Waals surface area contributed by atoms with Gasteiger partial charge in [-0.3, -0.25) is 4.68 Å². The third-order valence-corrected chi connectivity index (χ3v) is 5.11. The van der Waals surface area contributed by atoms with E-state index in [0.717, 1.165) is 13.0 Å². The minimum atomic E-state index is 0.631. The molecule has 1 aliphatic rings. The lowest BCUT2D eigenvalue weighted by atomic mass is 9.76. The van der Waals surface area contributed by atoms with Crippen LogP contribution in [0.1, 0.15) is 42.5 Å². The number of nitrogens with zero attached hydrogens (tertiary/aromatic N) is 2. The van der Waals surface area contributed by atoms with Crippen LogP contribution in [-0.2, 0) is 20.0 Å². The van der Waals surface area contributed by atoms with Gasteiger partial charge in [0.25, 0.3) is 0 Å². The van der Waals surface area contributed by atoms with Crippen molar-refractivity contribution in [3.8, 4) is 0 Å². The van der Waals surface area contributed by atoms with Gasteiger partial charge in [-0.05, 0) is 36.8 Å². The molecule has 4 heteroatoms. The number of hydrogen-bond donors (Lipinski definition) is 1. The monoisotopic (exact) mass is 347 g/mol. The predicted molar refractivity (Wildman–Crippen MR) is 89.3 cm³/mol. The molecule has 2 aromatic rings. The Balaban J connectivity index is 1.52. The van der Waals surface area contributed by atoms with E-state index >= 15 is 0 Å². The molecule has 3 nitrogen and oxygen atoms in total. The van der Waals surface area contributed by atoms with Gasteiger partial charge in [0.05, 0.1) is 5.69 Å². The lowest BCUT2D eigenvalue weighted by molar-refractivity contribution is 0.288. The first-order chi connectivity index (χ1) is 10.2. The van der Waals surface area contributed by atoms with E-state index in [4.69, 9.17) is 0 Å². The fourth-order valence-corrected chi connectivity index (χ4v) is 3.74. The molecule has 1 N–H and O–H groups in total. The third-order valence-electron chi connectivity index (χ3n) is 4.39. The van der Waals surface area contributed by atoms with Gasteiger partial charge in [-0.25, -0.2) is 0 Å². The van der Waals surface area contributed by atoms with Gasteiger partial charge in [0.15, 0.2) is 0 Å². The first kappa shape index (κ1) is 14.8. The van der Waals surface area contributed by atoms with Crippen molar-refractivity contribution >= 4 is 15.9 Å². The molecule has 0 amide bonds. The normalized spacial score (nSPS) is 21.3. The van der Waals surface area contributed by atoms with E-state index in [0.29, 0.717) is 12.0 Å². The second-order valence-electron chi connectivity index (χ2n) is 5.90. The molecule has 1 aliphatic carbocycles. The van der Waals surface area contributed by atoms with Crippen LogP contribution < -0.4 is 5.32 Å². The number of hydrogen-bond acceptors (Lipinski definition) is 2. The van der Waals surface area contributed by atoms with E-state index < -0.39 is 0 Å². The van der Waals surface area contributed by atoms with E-state index in [1.165, 1.54) is 34.1 Å². The lowest BCUT2D eigenvalue weighted by Crippen LogP contribution is -2.39. The first-order valence-corrected chi connectivity index (χ1v) is 8.46. The number of benzene rings is 1. The molecule has 21 heavy (non-hydrogen) atoms. The van der Waals surface area contributed by atoms with E-state index in [-0.39, 0.29) is 0 Å². The van der Waals surface area contributed by atoms with Crippen molar-refractivity contribution in [2.24, 2.45) is 7.05 Å². The van der Waals surface area contributed by atoms with Crippen molar-refractivity contribution < 1.29 is 0 Å². The highest BCUT2D eigenvalue weighted by Gasteiger charge is 2.31. The zero-order valence-corrected chi connectivity index (χ0v) is 14.2. The highest BCUT2D eigenvalue weighted by Crippen LogP contribution is 2.40. The molecule has 0 atom stereocenters. The van der Waals surface area contributed by atoms with E-state index in [1.54, 1.807) is 0 Å². The van der Waals surface area contributed by atoms with Crippen LogP contribution in [0.25, 0.3) is 0 Å². The van der Waals surface area contributed by atoms with Gasteiger partial charge >= 0.3 is 0 Å². The van der Waals surface area contributed by atoms with E-state index in [2.05, 4.69) is 63.7 Å². The second kappa shape index (κ2) is 6.32. The van der Waals surface area contributed by atoms with Crippen molar-refractivity contribution in [3.63, 3.8) is 0 Å². The van der Waals surface area contributed by atoms with Crippen LogP contribution in [0.4, 0.5) is 0 Å². The third kappa shape index (κ3) is 3.22. The van der Waals surface area contributed by atoms with Crippen LogP contribution in [0.5, 0.6) is 0 Å². The molecule has 0 aliphatic heterocycles. The van der Waals surface area contributed by atoms with Crippen molar-refractivity contribution in [1.82, 2.24) is 15.1 Å². The lowest BCUT2D eigenvalue weighted by Gasteiger charge is -2.37. The average Bonchev–Trinajstić information content (AvgIpc) is 2.79. The van der Waals surface area contributed by atoms with Crippen LogP contribution in [0.15, 0.2) is 34.9 Å². The Labute approximate surface area is 134 Å². The summed E-state index contributed by atoms with van der Waals surface area (Å²) in [5.74, 6) is 0.692. The molecule has 0 bridgehead atoms. The van der Waals surface area contributed by atoms with Gasteiger partial charge in [-0.15, -0.1) is 0 Å². The smallest absolute Gasteiger partial charge is 0.0666 e. The van der Waals surface area contributed by atoms with Crippen LogP contribution in [0.3, 0.4) is 0 Å². The van der Waals surface area contributed by atoms with E-state index in [1.807, 2.05) is 11.7 Å². The van der Waals surface area contributed by atoms with Crippen LogP contribution in [-0.4, -0.2) is 15.8 Å². The number of halogens is 1. The summed E-state index contributed by atoms with van der Waals surface area (Å²) in [6, 6.07) is 9.22. The number of aromatic nitrogens is 2. The van der Waals surface area contributed by atoms with Crippen molar-refractivity contribution in [2.45, 2.75) is 44.7 Å². The fourth-order valence-electron chi connectivity index (χ4n) is 3.13. The minimum absolute atomic E-state index is 0.631. The Morgan fingerprint density at radius 1 is 1.33 bits per heavy atom. The van der Waals surface area contributed by atoms with Crippen LogP contribution >= 0.6 is 15.9 Å². The maximum Gasteiger partial charge on any atom is 0.0666 e. The fraction of sp³-hybridized carbons (Fsp3) is 0.471. The van der Waals surface area contributed by atoms with Crippen LogP contribution in [0.2, 0.25) is 0 Å². The highest BCUT2D eigenvalue weighted by atomic mass is 79.9. The molecule has 1 saturated carbocycles. The Kier molecular flexibility index (Phi) is 4.45. The van der Waals surface area contributed by atoms with Gasteiger partial charge in [0.2, 0.25) is 0 Å². The standard InChI is InChI=1S/C17H22BrN3/c1-3-17-13(11-21(2)20-17)10-19-14-8-12(9-14)15-6-4-5-7-16(15)18/h4-7,11-12,14,19H,3,8-10H2,1-2H3. The molecule has 0 saturated heterocycles. The molecule has 1 heterocycles. The summed E-state index contributed by atoms with van der Waals surface area (Å²) in [5.41, 5.74) is 4.00. The predicted octanol–water partition coefficient (Wildman–Crippen LogP) is 3.78. The van der Waals surface area contributed by atoms with Gasteiger partial charge in [-0.1, -0.05) is 41.1 Å². The molecule has 1 aromatic carbocycles. The molecular weight excluding hydrogens is 326 g/mol. The highest BCUT2D eigenvalue weighted by molar-refractivity contribution is 9.10. The molecule has 0 unspecified atom stereocenters. The second-order valence-corrected chi connectivity index (χ2v) is 6.75. The van der Waals surface area contributed by atoms with Crippen molar-refractivity contribution in [3.05, 3.63) is 51.8 Å². The topological polar surface area (TPSA) is 29.9 Å². The van der Waals surface area contributed by atoms with Gasteiger partial charge in [0, 0.05) is 35.9 Å². The van der Waals surface area contributed by atoms with Crippen LogP contribution in [0, 0.1) is 0 Å². The van der Waals surface area contributed by atoms with Crippen molar-refractivity contribution in [2.75, 3.05) is 0 Å². The first-order valence-electron chi connectivity index (χ1n) is 7.66. The van der Waals surface area contributed by atoms with Crippen molar-refractivity contribution in [1.29, 1.82) is 0 Å². The Bertz CT molecular complexity index is 614. The summed E-state index contributed by atoms with van der Waals surface area (Å²) in [5, 5.41) is 8.17. The van der Waals surface area contributed by atoms with E-state index in [9.17, 15) is 0 Å². The molecule has 0 radical (unpaired) electrons. The van der Waals surface area contributed by atoms with Gasteiger partial charge < -0.3 is 5.32 Å². The Hall–Kier alpha value is -1.13.